The van der Waals surface area contributed by atoms with Crippen LogP contribution in [0, 0.1) is 5.92 Å². The van der Waals surface area contributed by atoms with Gasteiger partial charge >= 0.3 is 6.18 Å². The first-order chi connectivity index (χ1) is 11.4. The van der Waals surface area contributed by atoms with Crippen molar-refractivity contribution in [3.05, 3.63) is 35.4 Å². The van der Waals surface area contributed by atoms with E-state index in [0.717, 1.165) is 44.0 Å². The van der Waals surface area contributed by atoms with Gasteiger partial charge in [-0.3, -0.25) is 9.69 Å². The lowest BCUT2D eigenvalue weighted by Crippen LogP contribution is -2.42. The first kappa shape index (κ1) is 18.8. The third-order valence-electron chi connectivity index (χ3n) is 4.44. The molecule has 1 heterocycles. The molecule has 1 N–H and O–H groups in total. The lowest BCUT2D eigenvalue weighted by atomic mass is 9.91. The first-order valence-electron chi connectivity index (χ1n) is 8.53. The average molecular weight is 342 g/mol. The predicted octanol–water partition coefficient (Wildman–Crippen LogP) is 3.49. The summed E-state index contributed by atoms with van der Waals surface area (Å²) >= 11 is 0. The van der Waals surface area contributed by atoms with E-state index in [9.17, 15) is 18.0 Å². The molecular weight excluding hydrogens is 317 g/mol. The van der Waals surface area contributed by atoms with E-state index in [0.29, 0.717) is 25.4 Å². The minimum atomic E-state index is -4.29. The molecular formula is C18H25F3N2O. The van der Waals surface area contributed by atoms with Crippen molar-refractivity contribution in [3.8, 4) is 0 Å². The molecule has 0 spiro atoms. The number of rotatable bonds is 6. The van der Waals surface area contributed by atoms with Crippen molar-refractivity contribution in [3.63, 3.8) is 0 Å². The van der Waals surface area contributed by atoms with Crippen LogP contribution in [0.1, 0.15) is 37.3 Å². The van der Waals surface area contributed by atoms with E-state index in [4.69, 9.17) is 0 Å². The molecule has 0 bridgehead atoms. The van der Waals surface area contributed by atoms with E-state index < -0.39 is 11.7 Å². The second-order valence-electron chi connectivity index (χ2n) is 6.43. The zero-order valence-corrected chi connectivity index (χ0v) is 14.0. The van der Waals surface area contributed by atoms with E-state index in [-0.39, 0.29) is 5.91 Å². The van der Waals surface area contributed by atoms with E-state index in [1.807, 2.05) is 6.92 Å². The summed E-state index contributed by atoms with van der Waals surface area (Å²) in [4.78, 5) is 13.8. The van der Waals surface area contributed by atoms with Crippen LogP contribution in [0.15, 0.2) is 24.3 Å². The number of aryl methyl sites for hydroxylation is 1. The Labute approximate surface area is 141 Å². The summed E-state index contributed by atoms with van der Waals surface area (Å²) in [7, 11) is 0. The van der Waals surface area contributed by atoms with Gasteiger partial charge in [-0.25, -0.2) is 0 Å². The van der Waals surface area contributed by atoms with Gasteiger partial charge in [0.2, 0.25) is 5.91 Å². The second-order valence-corrected chi connectivity index (χ2v) is 6.43. The quantitative estimate of drug-likeness (QED) is 0.858. The van der Waals surface area contributed by atoms with Crippen LogP contribution in [0.25, 0.3) is 0 Å². The van der Waals surface area contributed by atoms with Crippen LogP contribution in [0.2, 0.25) is 0 Å². The monoisotopic (exact) mass is 342 g/mol. The number of amides is 1. The summed E-state index contributed by atoms with van der Waals surface area (Å²) in [5.74, 6) is 0.471. The number of likely N-dealkylation sites (N-methyl/N-ethyl adjacent to an activating group) is 1. The molecule has 2 rings (SSSR count). The number of nitrogens with one attached hydrogen (secondary N) is 1. The Morgan fingerprint density at radius 1 is 1.38 bits per heavy atom. The Morgan fingerprint density at radius 3 is 2.88 bits per heavy atom. The fourth-order valence-electron chi connectivity index (χ4n) is 3.26. The van der Waals surface area contributed by atoms with Crippen molar-refractivity contribution in [2.45, 2.75) is 38.8 Å². The van der Waals surface area contributed by atoms with Crippen molar-refractivity contribution in [2.75, 3.05) is 26.2 Å². The third kappa shape index (κ3) is 5.82. The number of alkyl halides is 3. The zero-order valence-electron chi connectivity index (χ0n) is 14.0. The number of likely N-dealkylation sites (tertiary alicyclic amines) is 1. The number of halogens is 3. The number of carbonyl (C=O) groups is 1. The summed E-state index contributed by atoms with van der Waals surface area (Å²) in [5.41, 5.74) is 0.146. The largest absolute Gasteiger partial charge is 0.416 e. The fraction of sp³-hybridized carbons (Fsp3) is 0.611. The number of hydrogen-bond acceptors (Lipinski definition) is 2. The third-order valence-corrected chi connectivity index (χ3v) is 4.44. The maximum atomic E-state index is 12.8. The molecule has 1 atom stereocenters. The lowest BCUT2D eigenvalue weighted by molar-refractivity contribution is -0.137. The smallest absolute Gasteiger partial charge is 0.355 e. The molecule has 1 aromatic rings. The normalized spacial score (nSPS) is 19.2. The highest BCUT2D eigenvalue weighted by atomic mass is 19.4. The molecule has 1 aromatic carbocycles. The summed E-state index contributed by atoms with van der Waals surface area (Å²) < 4.78 is 38.3. The lowest BCUT2D eigenvalue weighted by Gasteiger charge is -2.32. The van der Waals surface area contributed by atoms with Crippen molar-refractivity contribution in [1.29, 1.82) is 0 Å². The van der Waals surface area contributed by atoms with Gasteiger partial charge in [-0.2, -0.15) is 13.2 Å². The number of nitrogens with zero attached hydrogens (tertiary/aromatic N) is 1. The predicted molar refractivity (Wildman–Crippen MR) is 87.6 cm³/mol. The summed E-state index contributed by atoms with van der Waals surface area (Å²) in [6.45, 7) is 4.69. The summed E-state index contributed by atoms with van der Waals surface area (Å²) in [6.07, 6.45) is -0.682. The van der Waals surface area contributed by atoms with E-state index in [1.54, 1.807) is 6.07 Å². The van der Waals surface area contributed by atoms with Gasteiger partial charge in [-0.1, -0.05) is 18.2 Å². The second kappa shape index (κ2) is 8.51. The Balaban J connectivity index is 1.84. The van der Waals surface area contributed by atoms with Crippen LogP contribution < -0.4 is 5.32 Å². The molecule has 24 heavy (non-hydrogen) atoms. The van der Waals surface area contributed by atoms with Crippen LogP contribution in [0.4, 0.5) is 13.2 Å². The molecule has 0 unspecified atom stereocenters. The maximum absolute atomic E-state index is 12.8. The van der Waals surface area contributed by atoms with Gasteiger partial charge in [-0.15, -0.1) is 0 Å². The zero-order chi connectivity index (χ0) is 17.6. The van der Waals surface area contributed by atoms with Crippen LogP contribution in [0.5, 0.6) is 0 Å². The highest BCUT2D eigenvalue weighted by molar-refractivity contribution is 5.77. The van der Waals surface area contributed by atoms with Gasteiger partial charge in [0.15, 0.2) is 0 Å². The number of benzene rings is 1. The topological polar surface area (TPSA) is 32.3 Å². The molecule has 1 amide bonds. The molecule has 1 saturated heterocycles. The number of hydrogen-bond donors (Lipinski definition) is 1. The van der Waals surface area contributed by atoms with Crippen LogP contribution >= 0.6 is 0 Å². The average Bonchev–Trinajstić information content (AvgIpc) is 2.53. The van der Waals surface area contributed by atoms with Crippen LogP contribution in [-0.2, 0) is 17.4 Å². The van der Waals surface area contributed by atoms with Crippen LogP contribution in [-0.4, -0.2) is 37.0 Å². The molecule has 1 aliphatic rings. The SMILES string of the molecule is CCNC(=O)CN1CCC[C@H](CCc2cccc(C(F)(F)F)c2)C1. The van der Waals surface area contributed by atoms with Crippen molar-refractivity contribution in [2.24, 2.45) is 5.92 Å². The molecule has 1 aliphatic heterocycles. The van der Waals surface area contributed by atoms with Crippen molar-refractivity contribution in [1.82, 2.24) is 10.2 Å². The summed E-state index contributed by atoms with van der Waals surface area (Å²) in [6, 6.07) is 5.58. The summed E-state index contributed by atoms with van der Waals surface area (Å²) in [5, 5.41) is 2.80. The molecule has 0 saturated carbocycles. The Hall–Kier alpha value is -1.56. The van der Waals surface area contributed by atoms with Gasteiger partial charge in [0.25, 0.3) is 0 Å². The molecule has 0 aromatic heterocycles. The van der Waals surface area contributed by atoms with Gasteiger partial charge in [0.1, 0.15) is 0 Å². The van der Waals surface area contributed by atoms with Gasteiger partial charge in [-0.05, 0) is 56.7 Å². The van der Waals surface area contributed by atoms with Crippen molar-refractivity contribution >= 4 is 5.91 Å². The van der Waals surface area contributed by atoms with Gasteiger partial charge in [0, 0.05) is 13.1 Å². The number of piperidine rings is 1. The fourth-order valence-corrected chi connectivity index (χ4v) is 3.26. The standard InChI is InChI=1S/C18H25F3N2O/c1-2-22-17(24)13-23-10-4-6-15(12-23)9-8-14-5-3-7-16(11-14)18(19,20)21/h3,5,7,11,15H,2,4,6,8-10,12-13H2,1H3,(H,22,24)/t15-/m1/s1. The van der Waals surface area contributed by atoms with E-state index >= 15 is 0 Å². The van der Waals surface area contributed by atoms with E-state index in [1.165, 1.54) is 12.1 Å². The molecule has 3 nitrogen and oxygen atoms in total. The van der Waals surface area contributed by atoms with Gasteiger partial charge < -0.3 is 5.32 Å². The minimum absolute atomic E-state index is 0.0380. The molecule has 134 valence electrons. The first-order valence-corrected chi connectivity index (χ1v) is 8.53. The minimum Gasteiger partial charge on any atom is -0.355 e. The Kier molecular flexibility index (Phi) is 6.66. The molecule has 0 aliphatic carbocycles. The highest BCUT2D eigenvalue weighted by Gasteiger charge is 2.30. The van der Waals surface area contributed by atoms with Gasteiger partial charge in [0.05, 0.1) is 12.1 Å². The number of carbonyl (C=O) groups excluding carboxylic acids is 1. The molecule has 1 fully saturated rings. The Bertz CT molecular complexity index is 545. The van der Waals surface area contributed by atoms with Crippen molar-refractivity contribution < 1.29 is 18.0 Å². The molecule has 6 heteroatoms. The molecule has 0 radical (unpaired) electrons. The van der Waals surface area contributed by atoms with Crippen LogP contribution in [0.3, 0.4) is 0 Å². The highest BCUT2D eigenvalue weighted by Crippen LogP contribution is 2.30. The van der Waals surface area contributed by atoms with E-state index in [2.05, 4.69) is 10.2 Å². The Morgan fingerprint density at radius 2 is 2.17 bits per heavy atom. The maximum Gasteiger partial charge on any atom is 0.416 e.